The van der Waals surface area contributed by atoms with E-state index in [1.54, 1.807) is 13.8 Å². The monoisotopic (exact) mass is 238 g/mol. The Morgan fingerprint density at radius 3 is 2.69 bits per heavy atom. The van der Waals surface area contributed by atoms with Crippen molar-refractivity contribution in [2.75, 3.05) is 26.4 Å². The summed E-state index contributed by atoms with van der Waals surface area (Å²) in [5.41, 5.74) is 4.39. The minimum atomic E-state index is -1.96. The molecule has 0 aromatic heterocycles. The van der Waals surface area contributed by atoms with Gasteiger partial charge in [0.1, 0.15) is 6.67 Å². The lowest BCUT2D eigenvalue weighted by molar-refractivity contribution is -0.138. The number of hydrogen-bond donors (Lipinski definition) is 2. The molecule has 0 aliphatic heterocycles. The Bertz CT molecular complexity index is 213. The first kappa shape index (κ1) is 15.2. The highest BCUT2D eigenvalue weighted by atomic mass is 19.2. The van der Waals surface area contributed by atoms with Crippen LogP contribution < -0.4 is 11.1 Å². The van der Waals surface area contributed by atoms with Crippen LogP contribution in [0.2, 0.25) is 0 Å². The van der Waals surface area contributed by atoms with Crippen LogP contribution in [0.3, 0.4) is 0 Å². The number of ether oxygens (including phenoxy) is 1. The third-order valence-corrected chi connectivity index (χ3v) is 2.03. The second kappa shape index (κ2) is 7.51. The van der Waals surface area contributed by atoms with Gasteiger partial charge in [0.05, 0.1) is 12.0 Å². The Morgan fingerprint density at radius 2 is 2.19 bits per heavy atom. The minimum Gasteiger partial charge on any atom is -0.356 e. The standard InChI is InChI=1S/C10H20F2N2O2/c1-10(2,7-16-8(12)6-11)9(15)14-5-3-4-13/h8H,3-7,13H2,1-2H3,(H,14,15). The van der Waals surface area contributed by atoms with E-state index in [0.29, 0.717) is 19.5 Å². The van der Waals surface area contributed by atoms with E-state index < -0.39 is 18.4 Å². The number of nitrogens with two attached hydrogens (primary N) is 1. The van der Waals surface area contributed by atoms with Crippen LogP contribution in [0.5, 0.6) is 0 Å². The van der Waals surface area contributed by atoms with Crippen LogP contribution >= 0.6 is 0 Å². The summed E-state index contributed by atoms with van der Waals surface area (Å²) < 4.78 is 28.8. The number of nitrogens with one attached hydrogen (secondary N) is 1. The Kier molecular flexibility index (Phi) is 7.16. The molecule has 3 N–H and O–H groups in total. The molecule has 96 valence electrons. The topological polar surface area (TPSA) is 64.3 Å². The summed E-state index contributed by atoms with van der Waals surface area (Å²) in [6.07, 6.45) is -1.28. The third kappa shape index (κ3) is 5.97. The molecular weight excluding hydrogens is 218 g/mol. The number of carbonyl (C=O) groups is 1. The maximum Gasteiger partial charge on any atom is 0.227 e. The fourth-order valence-electron chi connectivity index (χ4n) is 0.952. The molecular formula is C10H20F2N2O2. The molecule has 0 saturated heterocycles. The van der Waals surface area contributed by atoms with E-state index in [-0.39, 0.29) is 12.5 Å². The lowest BCUT2D eigenvalue weighted by Crippen LogP contribution is -2.41. The van der Waals surface area contributed by atoms with Crippen LogP contribution in [0.15, 0.2) is 0 Å². The molecule has 0 aromatic rings. The number of rotatable bonds is 8. The van der Waals surface area contributed by atoms with Gasteiger partial charge in [0, 0.05) is 6.54 Å². The van der Waals surface area contributed by atoms with Gasteiger partial charge >= 0.3 is 0 Å². The van der Waals surface area contributed by atoms with Gasteiger partial charge in [-0.25, -0.2) is 8.78 Å². The lowest BCUT2D eigenvalue weighted by Gasteiger charge is -2.23. The van der Waals surface area contributed by atoms with Crippen molar-refractivity contribution in [3.05, 3.63) is 0 Å². The molecule has 0 aromatic carbocycles. The first-order valence-corrected chi connectivity index (χ1v) is 5.24. The van der Waals surface area contributed by atoms with E-state index in [0.717, 1.165) is 0 Å². The van der Waals surface area contributed by atoms with Crippen LogP contribution in [-0.4, -0.2) is 38.6 Å². The van der Waals surface area contributed by atoms with E-state index in [2.05, 4.69) is 10.1 Å². The summed E-state index contributed by atoms with van der Waals surface area (Å²) in [6, 6.07) is 0. The number of alkyl halides is 2. The SMILES string of the molecule is CC(C)(COC(F)CF)C(=O)NCCCN. The molecule has 16 heavy (non-hydrogen) atoms. The predicted octanol–water partition coefficient (Wildman–Crippen LogP) is 0.759. The minimum absolute atomic E-state index is 0.160. The van der Waals surface area contributed by atoms with Gasteiger partial charge in [-0.15, -0.1) is 0 Å². The van der Waals surface area contributed by atoms with Gasteiger partial charge in [-0.2, -0.15) is 0 Å². The van der Waals surface area contributed by atoms with Crippen molar-refractivity contribution in [2.24, 2.45) is 11.1 Å². The molecule has 4 nitrogen and oxygen atoms in total. The average molecular weight is 238 g/mol. The quantitative estimate of drug-likeness (QED) is 0.614. The molecule has 0 fully saturated rings. The van der Waals surface area contributed by atoms with Crippen LogP contribution in [0.1, 0.15) is 20.3 Å². The van der Waals surface area contributed by atoms with Crippen molar-refractivity contribution < 1.29 is 18.3 Å². The van der Waals surface area contributed by atoms with Crippen LogP contribution in [-0.2, 0) is 9.53 Å². The second-order valence-electron chi connectivity index (χ2n) is 4.16. The highest BCUT2D eigenvalue weighted by molar-refractivity contribution is 5.81. The Hall–Kier alpha value is -0.750. The van der Waals surface area contributed by atoms with Gasteiger partial charge < -0.3 is 15.8 Å². The highest BCUT2D eigenvalue weighted by Crippen LogP contribution is 2.17. The highest BCUT2D eigenvalue weighted by Gasteiger charge is 2.28. The first-order chi connectivity index (χ1) is 7.44. The lowest BCUT2D eigenvalue weighted by atomic mass is 9.93. The third-order valence-electron chi connectivity index (χ3n) is 2.03. The van der Waals surface area contributed by atoms with Crippen molar-refractivity contribution in [3.63, 3.8) is 0 Å². The van der Waals surface area contributed by atoms with Gasteiger partial charge in [-0.1, -0.05) is 0 Å². The van der Waals surface area contributed by atoms with E-state index in [1.165, 1.54) is 0 Å². The molecule has 0 heterocycles. The van der Waals surface area contributed by atoms with Gasteiger partial charge in [0.25, 0.3) is 0 Å². The average Bonchev–Trinajstić information content (AvgIpc) is 2.26. The fraction of sp³-hybridized carbons (Fsp3) is 0.900. The summed E-state index contributed by atoms with van der Waals surface area (Å²) in [6.45, 7) is 2.81. The van der Waals surface area contributed by atoms with Gasteiger partial charge in [-0.05, 0) is 26.8 Å². The maximum absolute atomic E-state index is 12.5. The second-order valence-corrected chi connectivity index (χ2v) is 4.16. The summed E-state index contributed by atoms with van der Waals surface area (Å²) in [5, 5.41) is 2.65. The number of halogens is 2. The Morgan fingerprint density at radius 1 is 1.56 bits per heavy atom. The number of amides is 1. The Balaban J connectivity index is 3.95. The molecule has 1 unspecified atom stereocenters. The van der Waals surface area contributed by atoms with Crippen molar-refractivity contribution in [1.29, 1.82) is 0 Å². The van der Waals surface area contributed by atoms with E-state index in [9.17, 15) is 13.6 Å². The first-order valence-electron chi connectivity index (χ1n) is 5.24. The summed E-state index contributed by atoms with van der Waals surface area (Å²) in [7, 11) is 0. The zero-order valence-electron chi connectivity index (χ0n) is 9.76. The van der Waals surface area contributed by atoms with Crippen LogP contribution in [0, 0.1) is 5.41 Å². The fourth-order valence-corrected chi connectivity index (χ4v) is 0.952. The van der Waals surface area contributed by atoms with E-state index in [4.69, 9.17) is 5.73 Å². The molecule has 0 radical (unpaired) electrons. The predicted molar refractivity (Wildman–Crippen MR) is 57.3 cm³/mol. The van der Waals surface area contributed by atoms with Crippen LogP contribution in [0.25, 0.3) is 0 Å². The summed E-state index contributed by atoms with van der Waals surface area (Å²) >= 11 is 0. The molecule has 1 amide bonds. The number of carbonyl (C=O) groups excluding carboxylic acids is 1. The van der Waals surface area contributed by atoms with Gasteiger partial charge in [0.15, 0.2) is 0 Å². The molecule has 1 atom stereocenters. The molecule has 0 spiro atoms. The number of hydrogen-bond acceptors (Lipinski definition) is 3. The van der Waals surface area contributed by atoms with Crippen molar-refractivity contribution >= 4 is 5.91 Å². The van der Waals surface area contributed by atoms with Crippen molar-refractivity contribution in [2.45, 2.75) is 26.6 Å². The molecule has 6 heteroatoms. The molecule has 0 bridgehead atoms. The smallest absolute Gasteiger partial charge is 0.227 e. The van der Waals surface area contributed by atoms with E-state index in [1.807, 2.05) is 0 Å². The normalized spacial score (nSPS) is 13.6. The van der Waals surface area contributed by atoms with Crippen molar-refractivity contribution in [1.82, 2.24) is 5.32 Å². The van der Waals surface area contributed by atoms with Crippen molar-refractivity contribution in [3.8, 4) is 0 Å². The zero-order valence-corrected chi connectivity index (χ0v) is 9.76. The summed E-state index contributed by atoms with van der Waals surface area (Å²) in [4.78, 5) is 11.6. The van der Waals surface area contributed by atoms with Crippen LogP contribution in [0.4, 0.5) is 8.78 Å². The largest absolute Gasteiger partial charge is 0.356 e. The van der Waals surface area contributed by atoms with Gasteiger partial charge in [0.2, 0.25) is 12.3 Å². The molecule has 0 aliphatic carbocycles. The maximum atomic E-state index is 12.5. The Labute approximate surface area is 94.5 Å². The molecule has 0 saturated carbocycles. The molecule has 0 rings (SSSR count). The van der Waals surface area contributed by atoms with Gasteiger partial charge in [-0.3, -0.25) is 4.79 Å². The van der Waals surface area contributed by atoms with E-state index >= 15 is 0 Å². The molecule has 0 aliphatic rings. The zero-order chi connectivity index (χ0) is 12.6. The summed E-state index contributed by atoms with van der Waals surface area (Å²) in [5.74, 6) is -0.257.